The van der Waals surface area contributed by atoms with Gasteiger partial charge in [-0.15, -0.1) is 0 Å². The topological polar surface area (TPSA) is 95.9 Å². The van der Waals surface area contributed by atoms with Gasteiger partial charge in [0.2, 0.25) is 11.8 Å². The van der Waals surface area contributed by atoms with Gasteiger partial charge < -0.3 is 20.1 Å². The van der Waals surface area contributed by atoms with Crippen molar-refractivity contribution in [2.45, 2.75) is 39.0 Å². The minimum Gasteiger partial charge on any atom is -0.481 e. The monoisotopic (exact) mass is 314 g/mol. The van der Waals surface area contributed by atoms with Crippen LogP contribution in [0.1, 0.15) is 39.0 Å². The second kappa shape index (κ2) is 8.73. The second-order valence-electron chi connectivity index (χ2n) is 5.83. The molecule has 1 heterocycles. The summed E-state index contributed by atoms with van der Waals surface area (Å²) in [6, 6.07) is 0. The summed E-state index contributed by atoms with van der Waals surface area (Å²) in [6.07, 6.45) is 2.64. The summed E-state index contributed by atoms with van der Waals surface area (Å²) in [5.41, 5.74) is -0.875. The zero-order chi connectivity index (χ0) is 16.6. The van der Waals surface area contributed by atoms with Crippen molar-refractivity contribution in [3.05, 3.63) is 0 Å². The van der Waals surface area contributed by atoms with Crippen LogP contribution in [0.5, 0.6) is 0 Å². The normalized spacial score (nSPS) is 21.5. The first-order chi connectivity index (χ1) is 10.4. The maximum absolute atomic E-state index is 12.2. The van der Waals surface area contributed by atoms with Crippen LogP contribution in [0.25, 0.3) is 0 Å². The number of rotatable bonds is 8. The van der Waals surface area contributed by atoms with Gasteiger partial charge in [-0.2, -0.15) is 0 Å². The van der Waals surface area contributed by atoms with Crippen LogP contribution in [-0.4, -0.2) is 61.1 Å². The van der Waals surface area contributed by atoms with E-state index in [2.05, 4.69) is 5.32 Å². The van der Waals surface area contributed by atoms with E-state index in [-0.39, 0.29) is 31.3 Å². The van der Waals surface area contributed by atoms with Crippen LogP contribution in [0.4, 0.5) is 0 Å². The molecule has 1 aliphatic heterocycles. The second-order valence-corrected chi connectivity index (χ2v) is 5.83. The molecular weight excluding hydrogens is 288 g/mol. The molecule has 2 N–H and O–H groups in total. The summed E-state index contributed by atoms with van der Waals surface area (Å²) in [5, 5.41) is 12.2. The Morgan fingerprint density at radius 1 is 1.36 bits per heavy atom. The Morgan fingerprint density at radius 3 is 2.68 bits per heavy atom. The Morgan fingerprint density at radius 2 is 2.09 bits per heavy atom. The van der Waals surface area contributed by atoms with Crippen molar-refractivity contribution in [1.29, 1.82) is 0 Å². The summed E-state index contributed by atoms with van der Waals surface area (Å²) in [4.78, 5) is 36.3. The number of methoxy groups -OCH3 is 1. The van der Waals surface area contributed by atoms with Crippen LogP contribution >= 0.6 is 0 Å². The van der Waals surface area contributed by atoms with Gasteiger partial charge in [0.05, 0.1) is 5.41 Å². The van der Waals surface area contributed by atoms with Gasteiger partial charge in [-0.1, -0.05) is 0 Å². The molecule has 0 saturated carbocycles. The summed E-state index contributed by atoms with van der Waals surface area (Å²) >= 11 is 0. The molecule has 1 atom stereocenters. The first kappa shape index (κ1) is 18.4. The molecule has 0 aromatic rings. The van der Waals surface area contributed by atoms with Crippen molar-refractivity contribution < 1.29 is 24.2 Å². The lowest BCUT2D eigenvalue weighted by atomic mass is 9.76. The molecule has 1 saturated heterocycles. The van der Waals surface area contributed by atoms with Crippen LogP contribution in [0.15, 0.2) is 0 Å². The third-order valence-electron chi connectivity index (χ3n) is 4.10. The Hall–Kier alpha value is -1.63. The number of nitrogens with zero attached hydrogens (tertiary/aromatic N) is 1. The molecule has 1 fully saturated rings. The third-order valence-corrected chi connectivity index (χ3v) is 4.10. The van der Waals surface area contributed by atoms with Crippen LogP contribution in [0.3, 0.4) is 0 Å². The van der Waals surface area contributed by atoms with Crippen molar-refractivity contribution >= 4 is 17.8 Å². The highest BCUT2D eigenvalue weighted by Crippen LogP contribution is 2.35. The molecule has 0 radical (unpaired) electrons. The van der Waals surface area contributed by atoms with Gasteiger partial charge in [0, 0.05) is 46.7 Å². The van der Waals surface area contributed by atoms with E-state index in [1.807, 2.05) is 0 Å². The molecule has 0 spiro atoms. The van der Waals surface area contributed by atoms with Crippen LogP contribution < -0.4 is 5.32 Å². The number of carbonyl (C=O) groups excluding carboxylic acids is 2. The minimum atomic E-state index is -0.875. The number of piperidine rings is 1. The average Bonchev–Trinajstić information content (AvgIpc) is 2.47. The highest BCUT2D eigenvalue weighted by atomic mass is 16.5. The van der Waals surface area contributed by atoms with Gasteiger partial charge in [0.1, 0.15) is 0 Å². The molecule has 7 nitrogen and oxygen atoms in total. The summed E-state index contributed by atoms with van der Waals surface area (Å²) in [6.45, 7) is 3.03. The minimum absolute atomic E-state index is 0.106. The van der Waals surface area contributed by atoms with Crippen LogP contribution in [-0.2, 0) is 19.1 Å². The van der Waals surface area contributed by atoms with Crippen molar-refractivity contribution in [2.24, 2.45) is 5.41 Å². The van der Waals surface area contributed by atoms with E-state index in [4.69, 9.17) is 4.74 Å². The van der Waals surface area contributed by atoms with Crippen molar-refractivity contribution in [3.63, 3.8) is 0 Å². The molecule has 22 heavy (non-hydrogen) atoms. The fraction of sp³-hybridized carbons (Fsp3) is 0.800. The van der Waals surface area contributed by atoms with Gasteiger partial charge in [0.25, 0.3) is 0 Å². The molecule has 126 valence electrons. The number of ether oxygens (including phenoxy) is 1. The molecule has 1 rings (SSSR count). The maximum atomic E-state index is 12.2. The van der Waals surface area contributed by atoms with Gasteiger partial charge in [0.15, 0.2) is 0 Å². The number of nitrogens with one attached hydrogen (secondary N) is 1. The van der Waals surface area contributed by atoms with Gasteiger partial charge in [-0.3, -0.25) is 14.4 Å². The number of carboxylic acid groups (broad SMARTS) is 1. The number of aliphatic carboxylic acids is 1. The first-order valence-corrected chi connectivity index (χ1v) is 7.66. The fourth-order valence-electron chi connectivity index (χ4n) is 2.89. The van der Waals surface area contributed by atoms with E-state index in [0.29, 0.717) is 38.8 Å². The van der Waals surface area contributed by atoms with E-state index in [0.717, 1.165) is 0 Å². The van der Waals surface area contributed by atoms with E-state index < -0.39 is 11.4 Å². The molecule has 0 aliphatic carbocycles. The SMILES string of the molecule is COCCCC1(C(=O)O)CCCN(C(=O)CCNC(C)=O)C1. The molecule has 0 bridgehead atoms. The predicted octanol–water partition coefficient (Wildman–Crippen LogP) is 0.633. The number of amides is 2. The van der Waals surface area contributed by atoms with Gasteiger partial charge >= 0.3 is 5.97 Å². The van der Waals surface area contributed by atoms with Crippen LogP contribution in [0.2, 0.25) is 0 Å². The zero-order valence-corrected chi connectivity index (χ0v) is 13.4. The predicted molar refractivity (Wildman–Crippen MR) is 80.3 cm³/mol. The highest BCUT2D eigenvalue weighted by molar-refractivity contribution is 5.80. The van der Waals surface area contributed by atoms with Gasteiger partial charge in [-0.25, -0.2) is 0 Å². The Labute approximate surface area is 131 Å². The first-order valence-electron chi connectivity index (χ1n) is 7.66. The van der Waals surface area contributed by atoms with E-state index in [1.165, 1.54) is 6.92 Å². The summed E-state index contributed by atoms with van der Waals surface area (Å²) in [5.74, 6) is -1.13. The van der Waals surface area contributed by atoms with Gasteiger partial charge in [-0.05, 0) is 25.7 Å². The summed E-state index contributed by atoms with van der Waals surface area (Å²) in [7, 11) is 1.59. The molecule has 1 aliphatic rings. The number of carboxylic acids is 1. The fourth-order valence-corrected chi connectivity index (χ4v) is 2.89. The molecule has 7 heteroatoms. The Kier molecular flexibility index (Phi) is 7.31. The number of likely N-dealkylation sites (tertiary alicyclic amines) is 1. The van der Waals surface area contributed by atoms with E-state index in [9.17, 15) is 19.5 Å². The smallest absolute Gasteiger partial charge is 0.311 e. The third kappa shape index (κ3) is 5.29. The largest absolute Gasteiger partial charge is 0.481 e. The lowest BCUT2D eigenvalue weighted by Gasteiger charge is -2.40. The van der Waals surface area contributed by atoms with E-state index in [1.54, 1.807) is 12.0 Å². The molecule has 0 aromatic heterocycles. The lowest BCUT2D eigenvalue weighted by molar-refractivity contribution is -0.155. The molecule has 0 aromatic carbocycles. The zero-order valence-electron chi connectivity index (χ0n) is 13.4. The van der Waals surface area contributed by atoms with Crippen molar-refractivity contribution in [1.82, 2.24) is 10.2 Å². The molecule has 1 unspecified atom stereocenters. The Balaban J connectivity index is 2.60. The highest BCUT2D eigenvalue weighted by Gasteiger charge is 2.42. The number of hydrogen-bond donors (Lipinski definition) is 2. The quantitative estimate of drug-likeness (QED) is 0.641. The van der Waals surface area contributed by atoms with Crippen molar-refractivity contribution in [3.8, 4) is 0 Å². The van der Waals surface area contributed by atoms with E-state index >= 15 is 0 Å². The van der Waals surface area contributed by atoms with Crippen molar-refractivity contribution in [2.75, 3.05) is 33.4 Å². The van der Waals surface area contributed by atoms with Crippen LogP contribution in [0, 0.1) is 5.41 Å². The average molecular weight is 314 g/mol. The molecule has 2 amide bonds. The standard InChI is InChI=1S/C15H26N2O5/c1-12(18)16-8-5-13(19)17-9-3-6-15(11-17,14(20)21)7-4-10-22-2/h3-11H2,1-2H3,(H,16,18)(H,20,21). The number of hydrogen-bond acceptors (Lipinski definition) is 4. The molecular formula is C15H26N2O5. The number of carbonyl (C=O) groups is 3. The Bertz CT molecular complexity index is 413. The lowest BCUT2D eigenvalue weighted by Crippen LogP contribution is -2.50. The maximum Gasteiger partial charge on any atom is 0.311 e. The summed E-state index contributed by atoms with van der Waals surface area (Å²) < 4.78 is 4.99.